The zero-order valence-corrected chi connectivity index (χ0v) is 12.4. The fourth-order valence-electron chi connectivity index (χ4n) is 1.12. The van der Waals surface area contributed by atoms with Crippen molar-refractivity contribution < 1.29 is 0 Å². The van der Waals surface area contributed by atoms with E-state index in [1.54, 1.807) is 0 Å². The standard InChI is InChI=1S/C12H29NSi/c1-11(2,3)13-9-10-14(7,8)12(4,5)6/h13H,9-10H2,1-8H3. The smallest absolute Gasteiger partial charge is 0.0540 e. The van der Waals surface area contributed by atoms with Crippen molar-refractivity contribution in [3.8, 4) is 0 Å². The van der Waals surface area contributed by atoms with Gasteiger partial charge in [0.25, 0.3) is 0 Å². The molecule has 86 valence electrons. The predicted octanol–water partition coefficient (Wildman–Crippen LogP) is 3.88. The fourth-order valence-corrected chi connectivity index (χ4v) is 2.62. The zero-order chi connectivity index (χ0) is 11.6. The van der Waals surface area contributed by atoms with Gasteiger partial charge >= 0.3 is 0 Å². The van der Waals surface area contributed by atoms with Crippen molar-refractivity contribution in [3.63, 3.8) is 0 Å². The van der Waals surface area contributed by atoms with Crippen molar-refractivity contribution in [2.45, 2.75) is 71.3 Å². The molecule has 0 bridgehead atoms. The minimum Gasteiger partial charge on any atom is -0.312 e. The SMILES string of the molecule is CC(C)(C)NCC[Si](C)(C)C(C)(C)C. The molecule has 0 rings (SSSR count). The van der Waals surface area contributed by atoms with Crippen LogP contribution >= 0.6 is 0 Å². The Hall–Kier alpha value is 0.177. The van der Waals surface area contributed by atoms with E-state index < -0.39 is 8.07 Å². The van der Waals surface area contributed by atoms with E-state index in [-0.39, 0.29) is 5.54 Å². The summed E-state index contributed by atoms with van der Waals surface area (Å²) in [6.45, 7) is 20.0. The Bertz CT molecular complexity index is 172. The monoisotopic (exact) mass is 215 g/mol. The lowest BCUT2D eigenvalue weighted by atomic mass is 10.1. The van der Waals surface area contributed by atoms with Crippen molar-refractivity contribution >= 4 is 8.07 Å². The lowest BCUT2D eigenvalue weighted by molar-refractivity contribution is 0.437. The second-order valence-corrected chi connectivity index (χ2v) is 12.8. The molecule has 0 fully saturated rings. The van der Waals surface area contributed by atoms with E-state index in [1.165, 1.54) is 12.6 Å². The van der Waals surface area contributed by atoms with E-state index >= 15 is 0 Å². The van der Waals surface area contributed by atoms with Crippen LogP contribution in [0.15, 0.2) is 0 Å². The summed E-state index contributed by atoms with van der Waals surface area (Å²) in [6, 6.07) is 1.37. The first-order chi connectivity index (χ1) is 5.96. The van der Waals surface area contributed by atoms with Gasteiger partial charge in [0.15, 0.2) is 0 Å². The molecule has 1 nitrogen and oxygen atoms in total. The van der Waals surface area contributed by atoms with Crippen LogP contribution in [0.1, 0.15) is 41.5 Å². The molecule has 0 heterocycles. The summed E-state index contributed by atoms with van der Waals surface area (Å²) in [5, 5.41) is 4.11. The highest BCUT2D eigenvalue weighted by molar-refractivity contribution is 6.80. The molecule has 0 saturated carbocycles. The van der Waals surface area contributed by atoms with Crippen LogP contribution in [0.2, 0.25) is 24.2 Å². The molecule has 0 aromatic heterocycles. The second-order valence-electron chi connectivity index (χ2n) is 7.06. The molecule has 0 aromatic carbocycles. The van der Waals surface area contributed by atoms with Crippen LogP contribution in [0.25, 0.3) is 0 Å². The number of nitrogens with one attached hydrogen (secondary N) is 1. The van der Waals surface area contributed by atoms with E-state index in [4.69, 9.17) is 0 Å². The van der Waals surface area contributed by atoms with Gasteiger partial charge in [-0.25, -0.2) is 0 Å². The fraction of sp³-hybridized carbons (Fsp3) is 1.00. The average molecular weight is 215 g/mol. The minimum atomic E-state index is -1.07. The van der Waals surface area contributed by atoms with Crippen molar-refractivity contribution in [1.82, 2.24) is 5.32 Å². The zero-order valence-electron chi connectivity index (χ0n) is 11.4. The summed E-state index contributed by atoms with van der Waals surface area (Å²) in [5.41, 5.74) is 0.266. The van der Waals surface area contributed by atoms with Gasteiger partial charge in [-0.05, 0) is 38.4 Å². The molecule has 0 aromatic rings. The molecule has 0 saturated heterocycles. The van der Waals surface area contributed by atoms with Crippen molar-refractivity contribution in [3.05, 3.63) is 0 Å². The maximum atomic E-state index is 3.58. The first-order valence-electron chi connectivity index (χ1n) is 5.71. The molecule has 1 N–H and O–H groups in total. The number of rotatable bonds is 3. The van der Waals surface area contributed by atoms with Gasteiger partial charge in [-0.15, -0.1) is 0 Å². The Morgan fingerprint density at radius 1 is 0.929 bits per heavy atom. The topological polar surface area (TPSA) is 12.0 Å². The van der Waals surface area contributed by atoms with E-state index in [2.05, 4.69) is 60.0 Å². The normalized spacial score (nSPS) is 14.6. The molecule has 0 aliphatic carbocycles. The largest absolute Gasteiger partial charge is 0.312 e. The van der Waals surface area contributed by atoms with E-state index in [0.717, 1.165) is 0 Å². The van der Waals surface area contributed by atoms with Crippen LogP contribution in [0.4, 0.5) is 0 Å². The van der Waals surface area contributed by atoms with Crippen molar-refractivity contribution in [2.75, 3.05) is 6.54 Å². The van der Waals surface area contributed by atoms with Gasteiger partial charge in [0.2, 0.25) is 0 Å². The van der Waals surface area contributed by atoms with Gasteiger partial charge in [0.1, 0.15) is 0 Å². The highest BCUT2D eigenvalue weighted by atomic mass is 28.3. The van der Waals surface area contributed by atoms with Gasteiger partial charge in [-0.1, -0.05) is 33.9 Å². The average Bonchev–Trinajstić information content (AvgIpc) is 1.80. The maximum absolute atomic E-state index is 3.58. The van der Waals surface area contributed by atoms with E-state index in [9.17, 15) is 0 Å². The van der Waals surface area contributed by atoms with Crippen LogP contribution in [0, 0.1) is 0 Å². The molecular formula is C12H29NSi. The number of hydrogen-bond donors (Lipinski definition) is 1. The molecule has 0 aliphatic rings. The van der Waals surface area contributed by atoms with E-state index in [1.807, 2.05) is 0 Å². The summed E-state index contributed by atoms with van der Waals surface area (Å²) in [5.74, 6) is 0. The van der Waals surface area contributed by atoms with Crippen LogP contribution in [0.3, 0.4) is 0 Å². The second kappa shape index (κ2) is 4.36. The summed E-state index contributed by atoms with van der Waals surface area (Å²) >= 11 is 0. The van der Waals surface area contributed by atoms with Crippen LogP contribution in [-0.2, 0) is 0 Å². The highest BCUT2D eigenvalue weighted by Gasteiger charge is 2.34. The maximum Gasteiger partial charge on any atom is 0.0540 e. The van der Waals surface area contributed by atoms with E-state index in [0.29, 0.717) is 5.04 Å². The van der Waals surface area contributed by atoms with Crippen LogP contribution in [0.5, 0.6) is 0 Å². The summed E-state index contributed by atoms with van der Waals surface area (Å²) in [7, 11) is -1.07. The molecule has 0 radical (unpaired) electrons. The lowest BCUT2D eigenvalue weighted by Crippen LogP contribution is -2.43. The molecule has 0 spiro atoms. The summed E-state index contributed by atoms with van der Waals surface area (Å²) < 4.78 is 0. The molecule has 14 heavy (non-hydrogen) atoms. The highest BCUT2D eigenvalue weighted by Crippen LogP contribution is 2.38. The minimum absolute atomic E-state index is 0.266. The third-order valence-corrected chi connectivity index (χ3v) is 9.00. The Balaban J connectivity index is 4.02. The molecule has 0 aliphatic heterocycles. The first kappa shape index (κ1) is 14.2. The Kier molecular flexibility index (Phi) is 4.41. The van der Waals surface area contributed by atoms with Gasteiger partial charge in [0, 0.05) is 5.54 Å². The Labute approximate surface area is 91.7 Å². The lowest BCUT2D eigenvalue weighted by Gasteiger charge is -2.38. The molecule has 0 atom stereocenters. The van der Waals surface area contributed by atoms with Gasteiger partial charge in [0.05, 0.1) is 8.07 Å². The third kappa shape index (κ3) is 5.16. The third-order valence-electron chi connectivity index (χ3n) is 3.44. The Morgan fingerprint density at radius 3 is 1.64 bits per heavy atom. The quantitative estimate of drug-likeness (QED) is 0.705. The summed E-state index contributed by atoms with van der Waals surface area (Å²) in [6.07, 6.45) is 0. The molecule has 0 unspecified atom stereocenters. The van der Waals surface area contributed by atoms with Crippen molar-refractivity contribution in [1.29, 1.82) is 0 Å². The molecule has 0 amide bonds. The first-order valence-corrected chi connectivity index (χ1v) is 8.91. The van der Waals surface area contributed by atoms with Crippen LogP contribution < -0.4 is 5.32 Å². The molecule has 2 heteroatoms. The Morgan fingerprint density at radius 2 is 1.36 bits per heavy atom. The number of hydrogen-bond acceptors (Lipinski definition) is 1. The summed E-state index contributed by atoms with van der Waals surface area (Å²) in [4.78, 5) is 0. The predicted molar refractivity (Wildman–Crippen MR) is 69.8 cm³/mol. The molecular weight excluding hydrogens is 186 g/mol. The van der Waals surface area contributed by atoms with Gasteiger partial charge in [-0.2, -0.15) is 0 Å². The van der Waals surface area contributed by atoms with Crippen LogP contribution in [-0.4, -0.2) is 20.2 Å². The van der Waals surface area contributed by atoms with Gasteiger partial charge in [-0.3, -0.25) is 0 Å². The van der Waals surface area contributed by atoms with Crippen molar-refractivity contribution in [2.24, 2.45) is 0 Å². The van der Waals surface area contributed by atoms with Gasteiger partial charge < -0.3 is 5.32 Å².